The number of hydrogen-bond donors (Lipinski definition) is 0. The topological polar surface area (TPSA) is 78.9 Å². The van der Waals surface area contributed by atoms with Crippen molar-refractivity contribution in [1.29, 1.82) is 0 Å². The molecule has 30 heavy (non-hydrogen) atoms. The van der Waals surface area contributed by atoms with Gasteiger partial charge in [0, 0.05) is 39.3 Å². The Kier molecular flexibility index (Phi) is 6.08. The molecule has 0 radical (unpaired) electrons. The molecule has 4 heterocycles. The minimum Gasteiger partial charge on any atom is -0.450 e. The van der Waals surface area contributed by atoms with Gasteiger partial charge in [-0.25, -0.2) is 14.8 Å². The average Bonchev–Trinajstić information content (AvgIpc) is 3.09. The number of ether oxygens (including phenoxy) is 1. The maximum absolute atomic E-state index is 13.3. The van der Waals surface area contributed by atoms with Crippen LogP contribution in [0.4, 0.5) is 10.6 Å². The third kappa shape index (κ3) is 3.95. The van der Waals surface area contributed by atoms with Crippen LogP contribution < -0.4 is 4.90 Å². The largest absolute Gasteiger partial charge is 0.450 e. The average molecular weight is 432 g/mol. The molecule has 2 aromatic rings. The first kappa shape index (κ1) is 20.8. The van der Waals surface area contributed by atoms with Gasteiger partial charge in [0.2, 0.25) is 0 Å². The van der Waals surface area contributed by atoms with Crippen LogP contribution in [0.1, 0.15) is 47.2 Å². The molecule has 0 aliphatic carbocycles. The van der Waals surface area contributed by atoms with Crippen molar-refractivity contribution in [3.8, 4) is 0 Å². The molecule has 0 N–H and O–H groups in total. The summed E-state index contributed by atoms with van der Waals surface area (Å²) in [6.07, 6.45) is 3.29. The third-order valence-electron chi connectivity index (χ3n) is 5.83. The number of carbonyl (C=O) groups is 2. The highest BCUT2D eigenvalue weighted by Crippen LogP contribution is 2.37. The highest BCUT2D eigenvalue weighted by atomic mass is 32.1. The van der Waals surface area contributed by atoms with E-state index in [-0.39, 0.29) is 12.0 Å². The lowest BCUT2D eigenvalue weighted by molar-refractivity contribution is 0.0574. The van der Waals surface area contributed by atoms with Gasteiger partial charge in [0.15, 0.2) is 0 Å². The van der Waals surface area contributed by atoms with E-state index in [1.807, 2.05) is 18.7 Å². The first-order valence-corrected chi connectivity index (χ1v) is 11.5. The highest BCUT2D eigenvalue weighted by Gasteiger charge is 2.29. The van der Waals surface area contributed by atoms with Gasteiger partial charge in [-0.1, -0.05) is 0 Å². The van der Waals surface area contributed by atoms with E-state index in [0.717, 1.165) is 45.4 Å². The molecule has 2 aliphatic heterocycles. The molecule has 0 atom stereocenters. The number of rotatable bonds is 3. The lowest BCUT2D eigenvalue weighted by Crippen LogP contribution is -2.50. The third-order valence-corrected chi connectivity index (χ3v) is 7.00. The SMILES string of the molecule is CCOC(=O)N1CCN(C(=O)c2sc3nc(C)nc(N4CCCCC4)c3c2C)CC1. The van der Waals surface area contributed by atoms with E-state index in [1.54, 1.807) is 11.8 Å². The Balaban J connectivity index is 1.58. The van der Waals surface area contributed by atoms with Crippen molar-refractivity contribution in [2.75, 3.05) is 50.8 Å². The Labute approximate surface area is 180 Å². The zero-order chi connectivity index (χ0) is 21.3. The van der Waals surface area contributed by atoms with Gasteiger partial charge >= 0.3 is 6.09 Å². The van der Waals surface area contributed by atoms with Crippen LogP contribution in [-0.2, 0) is 4.74 Å². The van der Waals surface area contributed by atoms with Gasteiger partial charge in [0.1, 0.15) is 16.5 Å². The van der Waals surface area contributed by atoms with Crippen molar-refractivity contribution in [3.63, 3.8) is 0 Å². The van der Waals surface area contributed by atoms with Crippen LogP contribution in [0.3, 0.4) is 0 Å². The number of anilines is 1. The first-order valence-electron chi connectivity index (χ1n) is 10.7. The van der Waals surface area contributed by atoms with E-state index < -0.39 is 0 Å². The van der Waals surface area contributed by atoms with Crippen molar-refractivity contribution in [1.82, 2.24) is 19.8 Å². The summed E-state index contributed by atoms with van der Waals surface area (Å²) in [5.41, 5.74) is 0.966. The van der Waals surface area contributed by atoms with Crippen LogP contribution in [-0.4, -0.2) is 77.6 Å². The monoisotopic (exact) mass is 431 g/mol. The Morgan fingerprint density at radius 2 is 1.63 bits per heavy atom. The van der Waals surface area contributed by atoms with E-state index >= 15 is 0 Å². The predicted molar refractivity (Wildman–Crippen MR) is 117 cm³/mol. The fourth-order valence-corrected chi connectivity index (χ4v) is 5.40. The number of nitrogens with zero attached hydrogens (tertiary/aromatic N) is 5. The summed E-state index contributed by atoms with van der Waals surface area (Å²) in [7, 11) is 0. The molecule has 8 nitrogen and oxygen atoms in total. The molecular weight excluding hydrogens is 402 g/mol. The van der Waals surface area contributed by atoms with Crippen molar-refractivity contribution >= 4 is 39.4 Å². The molecule has 2 saturated heterocycles. The summed E-state index contributed by atoms with van der Waals surface area (Å²) in [4.78, 5) is 42.1. The maximum Gasteiger partial charge on any atom is 0.409 e. The van der Waals surface area contributed by atoms with Gasteiger partial charge in [0.25, 0.3) is 5.91 Å². The molecular formula is C21H29N5O3S. The quantitative estimate of drug-likeness (QED) is 0.743. The zero-order valence-electron chi connectivity index (χ0n) is 17.9. The van der Waals surface area contributed by atoms with Crippen LogP contribution in [0.15, 0.2) is 0 Å². The molecule has 2 amide bonds. The van der Waals surface area contributed by atoms with Crippen LogP contribution in [0.25, 0.3) is 10.2 Å². The molecule has 2 aromatic heterocycles. The molecule has 9 heteroatoms. The molecule has 4 rings (SSSR count). The molecule has 0 unspecified atom stereocenters. The Morgan fingerprint density at radius 1 is 0.967 bits per heavy atom. The van der Waals surface area contributed by atoms with E-state index in [2.05, 4.69) is 9.88 Å². The number of aromatic nitrogens is 2. The number of carbonyl (C=O) groups excluding carboxylic acids is 2. The van der Waals surface area contributed by atoms with Crippen LogP contribution in [0.2, 0.25) is 0 Å². The molecule has 0 saturated carbocycles. The number of piperidine rings is 1. The summed E-state index contributed by atoms with van der Waals surface area (Å²) < 4.78 is 5.07. The van der Waals surface area contributed by atoms with Gasteiger partial charge in [-0.05, 0) is 45.6 Å². The predicted octanol–water partition coefficient (Wildman–Crippen LogP) is 3.21. The second-order valence-electron chi connectivity index (χ2n) is 7.86. The normalized spacial score (nSPS) is 17.5. The number of fused-ring (bicyclic) bond motifs is 1. The Hall–Kier alpha value is -2.42. The number of aryl methyl sites for hydroxylation is 2. The van der Waals surface area contributed by atoms with E-state index in [4.69, 9.17) is 9.72 Å². The molecule has 2 fully saturated rings. The molecule has 162 valence electrons. The summed E-state index contributed by atoms with van der Waals surface area (Å²) in [5.74, 6) is 1.73. The van der Waals surface area contributed by atoms with Gasteiger partial charge in [-0.3, -0.25) is 4.79 Å². The number of piperazine rings is 1. The molecule has 0 spiro atoms. The van der Waals surface area contributed by atoms with Gasteiger partial charge in [-0.15, -0.1) is 11.3 Å². The van der Waals surface area contributed by atoms with Crippen molar-refractivity contribution in [3.05, 3.63) is 16.3 Å². The summed E-state index contributed by atoms with van der Waals surface area (Å²) in [6, 6.07) is 0. The van der Waals surface area contributed by atoms with Gasteiger partial charge in [0.05, 0.1) is 16.9 Å². The fourth-order valence-electron chi connectivity index (χ4n) is 4.21. The molecule has 2 aliphatic rings. The van der Waals surface area contributed by atoms with Crippen LogP contribution >= 0.6 is 11.3 Å². The lowest BCUT2D eigenvalue weighted by Gasteiger charge is -2.34. The van der Waals surface area contributed by atoms with Crippen LogP contribution in [0.5, 0.6) is 0 Å². The molecule has 0 bridgehead atoms. The van der Waals surface area contributed by atoms with Crippen LogP contribution in [0, 0.1) is 13.8 Å². The molecule has 0 aromatic carbocycles. The van der Waals surface area contributed by atoms with E-state index in [0.29, 0.717) is 32.8 Å². The van der Waals surface area contributed by atoms with Crippen molar-refractivity contribution in [2.45, 2.75) is 40.0 Å². The summed E-state index contributed by atoms with van der Waals surface area (Å²) in [6.45, 7) is 10.1. The standard InChI is InChI=1S/C21H29N5O3S/c1-4-29-21(28)26-12-10-25(11-13-26)20(27)17-14(2)16-18(24-8-6-5-7-9-24)22-15(3)23-19(16)30-17/h4-13H2,1-3H3. The second-order valence-corrected chi connectivity index (χ2v) is 8.86. The van der Waals surface area contributed by atoms with E-state index in [1.165, 1.54) is 30.6 Å². The zero-order valence-corrected chi connectivity index (χ0v) is 18.8. The van der Waals surface area contributed by atoms with Crippen molar-refractivity contribution < 1.29 is 14.3 Å². The van der Waals surface area contributed by atoms with Gasteiger partial charge in [-0.2, -0.15) is 0 Å². The first-order chi connectivity index (χ1) is 14.5. The van der Waals surface area contributed by atoms with Gasteiger partial charge < -0.3 is 19.4 Å². The minimum atomic E-state index is -0.306. The summed E-state index contributed by atoms with van der Waals surface area (Å²) in [5, 5.41) is 1.01. The number of thiophene rings is 1. The summed E-state index contributed by atoms with van der Waals surface area (Å²) >= 11 is 1.46. The maximum atomic E-state index is 13.3. The highest BCUT2D eigenvalue weighted by molar-refractivity contribution is 7.20. The fraction of sp³-hybridized carbons (Fsp3) is 0.619. The minimum absolute atomic E-state index is 0.0151. The number of amides is 2. The lowest BCUT2D eigenvalue weighted by atomic mass is 10.1. The number of hydrogen-bond acceptors (Lipinski definition) is 7. The Morgan fingerprint density at radius 3 is 2.30 bits per heavy atom. The van der Waals surface area contributed by atoms with E-state index in [9.17, 15) is 9.59 Å². The van der Waals surface area contributed by atoms with Crippen molar-refractivity contribution in [2.24, 2.45) is 0 Å². The second kappa shape index (κ2) is 8.75. The smallest absolute Gasteiger partial charge is 0.409 e. The Bertz CT molecular complexity index is 946.